The van der Waals surface area contributed by atoms with Gasteiger partial charge in [-0.1, -0.05) is 18.2 Å². The molecule has 2 atom stereocenters. The summed E-state index contributed by atoms with van der Waals surface area (Å²) < 4.78 is 5.74. The summed E-state index contributed by atoms with van der Waals surface area (Å²) >= 11 is 0. The first-order valence-electron chi connectivity index (χ1n) is 6.08. The van der Waals surface area contributed by atoms with Gasteiger partial charge in [0.25, 0.3) is 0 Å². The van der Waals surface area contributed by atoms with Crippen molar-refractivity contribution in [1.82, 2.24) is 0 Å². The molecular formula is C14H18O3. The highest BCUT2D eigenvalue weighted by atomic mass is 16.5. The number of para-hydroxylation sites is 1. The standard InChI is InChI=1S/C14H18O3/c1-9(2)17-13-6-4-3-5-11(13)10-7-8-12(10)14(15)16/h3-6,9-10,12H,7-8H2,1-2H3,(H,15,16). The molecule has 1 aromatic rings. The molecule has 0 aromatic heterocycles. The van der Waals surface area contributed by atoms with Gasteiger partial charge in [0.15, 0.2) is 0 Å². The van der Waals surface area contributed by atoms with Gasteiger partial charge >= 0.3 is 5.97 Å². The second-order valence-electron chi connectivity index (χ2n) is 4.83. The second-order valence-corrected chi connectivity index (χ2v) is 4.83. The van der Waals surface area contributed by atoms with Crippen molar-refractivity contribution in [2.24, 2.45) is 5.92 Å². The molecule has 2 rings (SSSR count). The third-order valence-corrected chi connectivity index (χ3v) is 3.27. The summed E-state index contributed by atoms with van der Waals surface area (Å²) in [7, 11) is 0. The Labute approximate surface area is 101 Å². The van der Waals surface area contributed by atoms with Crippen LogP contribution in [0.1, 0.15) is 38.2 Å². The maximum absolute atomic E-state index is 11.1. The highest BCUT2D eigenvalue weighted by Gasteiger charge is 2.38. The Bertz CT molecular complexity index is 412. The number of hydrogen-bond donors (Lipinski definition) is 1. The largest absolute Gasteiger partial charge is 0.491 e. The Morgan fingerprint density at radius 3 is 2.59 bits per heavy atom. The number of benzene rings is 1. The van der Waals surface area contributed by atoms with Crippen LogP contribution in [0, 0.1) is 5.92 Å². The van der Waals surface area contributed by atoms with Crippen LogP contribution in [0.15, 0.2) is 24.3 Å². The molecule has 0 radical (unpaired) electrons. The van der Waals surface area contributed by atoms with Gasteiger partial charge in [-0.3, -0.25) is 4.79 Å². The fraction of sp³-hybridized carbons (Fsp3) is 0.500. The molecule has 0 amide bonds. The molecule has 1 fully saturated rings. The zero-order valence-electron chi connectivity index (χ0n) is 10.2. The molecular weight excluding hydrogens is 216 g/mol. The number of carbonyl (C=O) groups is 1. The lowest BCUT2D eigenvalue weighted by Gasteiger charge is -2.34. The van der Waals surface area contributed by atoms with Gasteiger partial charge < -0.3 is 9.84 Å². The van der Waals surface area contributed by atoms with E-state index in [0.29, 0.717) is 0 Å². The number of hydrogen-bond acceptors (Lipinski definition) is 2. The lowest BCUT2D eigenvalue weighted by atomic mass is 9.70. The van der Waals surface area contributed by atoms with Crippen LogP contribution in [0.2, 0.25) is 0 Å². The summed E-state index contributed by atoms with van der Waals surface area (Å²) in [5.41, 5.74) is 1.04. The van der Waals surface area contributed by atoms with Crippen LogP contribution in [0.5, 0.6) is 5.75 Å². The molecule has 0 heterocycles. The Hall–Kier alpha value is -1.51. The average molecular weight is 234 g/mol. The van der Waals surface area contributed by atoms with Crippen molar-refractivity contribution >= 4 is 5.97 Å². The fourth-order valence-corrected chi connectivity index (χ4v) is 2.32. The summed E-state index contributed by atoms with van der Waals surface area (Å²) in [6.07, 6.45) is 1.82. The van der Waals surface area contributed by atoms with Gasteiger partial charge in [0, 0.05) is 5.92 Å². The van der Waals surface area contributed by atoms with E-state index in [1.807, 2.05) is 38.1 Å². The minimum atomic E-state index is -0.694. The SMILES string of the molecule is CC(C)Oc1ccccc1C1CCC1C(=O)O. The average Bonchev–Trinajstić information content (AvgIpc) is 2.17. The van der Waals surface area contributed by atoms with Gasteiger partial charge in [0.1, 0.15) is 5.75 Å². The molecule has 1 aliphatic rings. The number of carboxylic acid groups (broad SMARTS) is 1. The Kier molecular flexibility index (Phi) is 3.36. The maximum atomic E-state index is 11.1. The van der Waals surface area contributed by atoms with Crippen molar-refractivity contribution < 1.29 is 14.6 Å². The van der Waals surface area contributed by atoms with E-state index in [-0.39, 0.29) is 17.9 Å². The van der Waals surface area contributed by atoms with Crippen molar-refractivity contribution in [1.29, 1.82) is 0 Å². The summed E-state index contributed by atoms with van der Waals surface area (Å²) in [5.74, 6) is 0.00779. The molecule has 1 aliphatic carbocycles. The Morgan fingerprint density at radius 1 is 1.35 bits per heavy atom. The molecule has 1 N–H and O–H groups in total. The predicted octanol–water partition coefficient (Wildman–Crippen LogP) is 3.05. The third-order valence-electron chi connectivity index (χ3n) is 3.27. The van der Waals surface area contributed by atoms with Crippen molar-refractivity contribution in [2.45, 2.75) is 38.7 Å². The van der Waals surface area contributed by atoms with E-state index in [0.717, 1.165) is 24.2 Å². The van der Waals surface area contributed by atoms with Crippen molar-refractivity contribution in [2.75, 3.05) is 0 Å². The minimum Gasteiger partial charge on any atom is -0.491 e. The molecule has 0 bridgehead atoms. The second kappa shape index (κ2) is 4.78. The lowest BCUT2D eigenvalue weighted by molar-refractivity contribution is -0.145. The molecule has 0 spiro atoms. The molecule has 1 saturated carbocycles. The van der Waals surface area contributed by atoms with Gasteiger partial charge in [-0.05, 0) is 38.3 Å². The zero-order valence-corrected chi connectivity index (χ0v) is 10.2. The summed E-state index contributed by atoms with van der Waals surface area (Å²) in [4.78, 5) is 11.1. The first-order valence-corrected chi connectivity index (χ1v) is 6.08. The van der Waals surface area contributed by atoms with Crippen LogP contribution in [-0.4, -0.2) is 17.2 Å². The van der Waals surface area contributed by atoms with Crippen molar-refractivity contribution in [3.63, 3.8) is 0 Å². The fourth-order valence-electron chi connectivity index (χ4n) is 2.32. The van der Waals surface area contributed by atoms with Gasteiger partial charge in [-0.15, -0.1) is 0 Å². The first-order chi connectivity index (χ1) is 8.09. The Balaban J connectivity index is 2.23. The van der Waals surface area contributed by atoms with Crippen LogP contribution in [0.4, 0.5) is 0 Å². The van der Waals surface area contributed by atoms with Gasteiger partial charge in [-0.25, -0.2) is 0 Å². The third kappa shape index (κ3) is 2.43. The zero-order chi connectivity index (χ0) is 12.4. The lowest BCUT2D eigenvalue weighted by Crippen LogP contribution is -2.31. The summed E-state index contributed by atoms with van der Waals surface area (Å²) in [6.45, 7) is 3.96. The molecule has 3 nitrogen and oxygen atoms in total. The topological polar surface area (TPSA) is 46.5 Å². The maximum Gasteiger partial charge on any atom is 0.307 e. The van der Waals surface area contributed by atoms with E-state index in [1.165, 1.54) is 0 Å². The molecule has 2 unspecified atom stereocenters. The predicted molar refractivity (Wildman–Crippen MR) is 65.3 cm³/mol. The van der Waals surface area contributed by atoms with Crippen LogP contribution in [0.3, 0.4) is 0 Å². The van der Waals surface area contributed by atoms with Crippen LogP contribution < -0.4 is 4.74 Å². The first kappa shape index (κ1) is 12.0. The monoisotopic (exact) mass is 234 g/mol. The van der Waals surface area contributed by atoms with Crippen LogP contribution in [-0.2, 0) is 4.79 Å². The van der Waals surface area contributed by atoms with Crippen molar-refractivity contribution in [3.8, 4) is 5.75 Å². The quantitative estimate of drug-likeness (QED) is 0.871. The van der Waals surface area contributed by atoms with E-state index >= 15 is 0 Å². The van der Waals surface area contributed by atoms with E-state index in [2.05, 4.69) is 0 Å². The minimum absolute atomic E-state index is 0.111. The normalized spacial score (nSPS) is 23.2. The molecule has 3 heteroatoms. The van der Waals surface area contributed by atoms with Gasteiger partial charge in [0.2, 0.25) is 0 Å². The molecule has 1 aromatic carbocycles. The molecule has 0 saturated heterocycles. The van der Waals surface area contributed by atoms with Crippen LogP contribution >= 0.6 is 0 Å². The summed E-state index contributed by atoms with van der Waals surface area (Å²) in [5, 5.41) is 9.10. The molecule has 0 aliphatic heterocycles. The molecule has 92 valence electrons. The highest BCUT2D eigenvalue weighted by Crippen LogP contribution is 2.45. The van der Waals surface area contributed by atoms with E-state index in [1.54, 1.807) is 0 Å². The number of carboxylic acids is 1. The van der Waals surface area contributed by atoms with Gasteiger partial charge in [-0.2, -0.15) is 0 Å². The van der Waals surface area contributed by atoms with Gasteiger partial charge in [0.05, 0.1) is 12.0 Å². The Morgan fingerprint density at radius 2 is 2.06 bits per heavy atom. The smallest absolute Gasteiger partial charge is 0.307 e. The number of ether oxygens (including phenoxy) is 1. The number of rotatable bonds is 4. The summed E-state index contributed by atoms with van der Waals surface area (Å²) in [6, 6.07) is 7.78. The van der Waals surface area contributed by atoms with Crippen molar-refractivity contribution in [3.05, 3.63) is 29.8 Å². The van der Waals surface area contributed by atoms with E-state index in [4.69, 9.17) is 9.84 Å². The van der Waals surface area contributed by atoms with E-state index in [9.17, 15) is 4.79 Å². The van der Waals surface area contributed by atoms with Crippen LogP contribution in [0.25, 0.3) is 0 Å². The van der Waals surface area contributed by atoms with E-state index < -0.39 is 5.97 Å². The molecule has 17 heavy (non-hydrogen) atoms. The number of aliphatic carboxylic acids is 1. The highest BCUT2D eigenvalue weighted by molar-refractivity contribution is 5.73.